The zero-order chi connectivity index (χ0) is 25.2. The molecule has 36 heavy (non-hydrogen) atoms. The van der Waals surface area contributed by atoms with Crippen molar-refractivity contribution in [2.75, 3.05) is 13.4 Å². The molecule has 6 nitrogen and oxygen atoms in total. The first-order valence-corrected chi connectivity index (χ1v) is 11.7. The molecule has 0 fully saturated rings. The van der Waals surface area contributed by atoms with E-state index in [0.717, 1.165) is 38.8 Å². The van der Waals surface area contributed by atoms with Crippen molar-refractivity contribution in [3.63, 3.8) is 0 Å². The molecule has 0 bridgehead atoms. The van der Waals surface area contributed by atoms with Crippen molar-refractivity contribution in [1.82, 2.24) is 5.32 Å². The predicted octanol–water partition coefficient (Wildman–Crippen LogP) is 6.39. The quantitative estimate of drug-likeness (QED) is 0.306. The minimum Gasteiger partial charge on any atom is -0.493 e. The lowest BCUT2D eigenvalue weighted by atomic mass is 9.96. The number of amides is 1. The van der Waals surface area contributed by atoms with Gasteiger partial charge in [0.05, 0.1) is 12.9 Å². The Balaban J connectivity index is 1.45. The highest BCUT2D eigenvalue weighted by molar-refractivity contribution is 6.01. The van der Waals surface area contributed by atoms with Crippen LogP contribution in [0.25, 0.3) is 27.7 Å². The molecule has 7 heteroatoms. The molecule has 0 atom stereocenters. The first-order chi connectivity index (χ1) is 17.4. The number of hydrogen-bond acceptors (Lipinski definition) is 5. The summed E-state index contributed by atoms with van der Waals surface area (Å²) < 4.78 is 36.1. The minimum absolute atomic E-state index is 0.207. The van der Waals surface area contributed by atoms with Gasteiger partial charge < -0.3 is 23.9 Å². The minimum atomic E-state index is -0.299. The molecule has 184 valence electrons. The molecule has 1 aliphatic heterocycles. The molecule has 1 amide bonds. The molecule has 1 aliphatic rings. The molecule has 5 rings (SSSR count). The van der Waals surface area contributed by atoms with Gasteiger partial charge in [-0.25, -0.2) is 4.39 Å². The van der Waals surface area contributed by atoms with Gasteiger partial charge in [0.2, 0.25) is 12.7 Å². The summed E-state index contributed by atoms with van der Waals surface area (Å²) in [6.07, 6.45) is 3.23. The lowest BCUT2D eigenvalue weighted by molar-refractivity contribution is -0.116. The van der Waals surface area contributed by atoms with Crippen LogP contribution in [-0.4, -0.2) is 19.3 Å². The molecule has 0 unspecified atom stereocenters. The van der Waals surface area contributed by atoms with Gasteiger partial charge >= 0.3 is 0 Å². The van der Waals surface area contributed by atoms with Crippen LogP contribution in [0.1, 0.15) is 30.5 Å². The molecule has 0 saturated carbocycles. The van der Waals surface area contributed by atoms with Gasteiger partial charge in [-0.15, -0.1) is 0 Å². The summed E-state index contributed by atoms with van der Waals surface area (Å²) >= 11 is 0. The van der Waals surface area contributed by atoms with E-state index in [4.69, 9.17) is 18.6 Å². The lowest BCUT2D eigenvalue weighted by Crippen LogP contribution is -2.20. The third kappa shape index (κ3) is 4.52. The summed E-state index contributed by atoms with van der Waals surface area (Å²) in [5, 5.41) is 3.79. The van der Waals surface area contributed by atoms with E-state index in [1.165, 1.54) is 12.1 Å². The normalized spacial score (nSPS) is 12.7. The Morgan fingerprint density at radius 3 is 2.67 bits per heavy atom. The van der Waals surface area contributed by atoms with Gasteiger partial charge in [-0.1, -0.05) is 18.2 Å². The third-order valence-electron chi connectivity index (χ3n) is 6.16. The van der Waals surface area contributed by atoms with E-state index in [9.17, 15) is 9.18 Å². The fourth-order valence-electron chi connectivity index (χ4n) is 4.36. The molecule has 0 saturated heterocycles. The molecule has 0 spiro atoms. The van der Waals surface area contributed by atoms with E-state index in [-0.39, 0.29) is 18.5 Å². The molecule has 1 N–H and O–H groups in total. The van der Waals surface area contributed by atoms with Crippen molar-refractivity contribution in [3.05, 3.63) is 83.4 Å². The van der Waals surface area contributed by atoms with Crippen LogP contribution >= 0.6 is 0 Å². The second-order valence-electron chi connectivity index (χ2n) is 8.58. The Labute approximate surface area is 208 Å². The summed E-state index contributed by atoms with van der Waals surface area (Å²) in [7, 11) is 0. The maximum absolute atomic E-state index is 13.5. The number of aryl methyl sites for hydroxylation is 1. The molecule has 4 aromatic rings. The Bertz CT molecular complexity index is 1470. The summed E-state index contributed by atoms with van der Waals surface area (Å²) in [4.78, 5) is 12.8. The van der Waals surface area contributed by atoms with Gasteiger partial charge in [-0.2, -0.15) is 0 Å². The van der Waals surface area contributed by atoms with Crippen molar-refractivity contribution in [2.24, 2.45) is 0 Å². The topological polar surface area (TPSA) is 69.9 Å². The molecule has 2 heterocycles. The number of rotatable bonds is 7. The van der Waals surface area contributed by atoms with Crippen molar-refractivity contribution in [1.29, 1.82) is 0 Å². The summed E-state index contributed by atoms with van der Waals surface area (Å²) in [6, 6.07) is 13.8. The number of nitrogens with one attached hydrogen (secondary N) is 1. The Morgan fingerprint density at radius 2 is 1.89 bits per heavy atom. The SMILES string of the molecule is CCOc1c(/C(C)=C/C(=O)NCc2ccc3c(c2)OCO3)cc2c(-c3ccc(F)cc3)coc2c1C. The van der Waals surface area contributed by atoms with Gasteiger partial charge in [0, 0.05) is 34.7 Å². The highest BCUT2D eigenvalue weighted by Crippen LogP contribution is 2.41. The molecule has 0 aliphatic carbocycles. The summed E-state index contributed by atoms with van der Waals surface area (Å²) in [5.41, 5.74) is 5.68. The second-order valence-corrected chi connectivity index (χ2v) is 8.58. The van der Waals surface area contributed by atoms with Crippen LogP contribution in [0, 0.1) is 12.7 Å². The maximum atomic E-state index is 13.5. The number of furan rings is 1. The molecule has 3 aromatic carbocycles. The number of benzene rings is 3. The number of allylic oxidation sites excluding steroid dienone is 1. The highest BCUT2D eigenvalue weighted by atomic mass is 19.1. The molecular weight excluding hydrogens is 461 g/mol. The second kappa shape index (κ2) is 9.77. The summed E-state index contributed by atoms with van der Waals surface area (Å²) in [6.45, 7) is 6.75. The van der Waals surface area contributed by atoms with Gasteiger partial charge in [-0.3, -0.25) is 4.79 Å². The summed E-state index contributed by atoms with van der Waals surface area (Å²) in [5.74, 6) is 1.52. The smallest absolute Gasteiger partial charge is 0.244 e. The molecule has 0 radical (unpaired) electrons. The fraction of sp³-hybridized carbons (Fsp3) is 0.207. The first kappa shape index (κ1) is 23.5. The number of hydrogen-bond donors (Lipinski definition) is 1. The number of ether oxygens (including phenoxy) is 3. The van der Waals surface area contributed by atoms with Crippen LogP contribution in [0.4, 0.5) is 4.39 Å². The van der Waals surface area contributed by atoms with Crippen LogP contribution in [0.3, 0.4) is 0 Å². The van der Waals surface area contributed by atoms with Gasteiger partial charge in [-0.05, 0) is 67.8 Å². The van der Waals surface area contributed by atoms with Crippen LogP contribution < -0.4 is 19.5 Å². The Kier molecular flexibility index (Phi) is 6.38. The maximum Gasteiger partial charge on any atom is 0.244 e. The van der Waals surface area contributed by atoms with E-state index in [2.05, 4.69) is 5.32 Å². The van der Waals surface area contributed by atoms with Crippen LogP contribution in [0.5, 0.6) is 17.2 Å². The standard InChI is InChI=1S/C29H26FNO5/c1-4-33-28-18(3)29-23(24(15-34-29)20-6-8-21(30)9-7-20)13-22(28)17(2)11-27(32)31-14-19-5-10-25-26(12-19)36-16-35-25/h5-13,15H,4,14,16H2,1-3H3,(H,31,32)/b17-11+. The number of carbonyl (C=O) groups is 1. The highest BCUT2D eigenvalue weighted by Gasteiger charge is 2.19. The Hall–Kier alpha value is -4.26. The van der Waals surface area contributed by atoms with Crippen LogP contribution in [-0.2, 0) is 11.3 Å². The van der Waals surface area contributed by atoms with Crippen molar-refractivity contribution < 1.29 is 27.8 Å². The van der Waals surface area contributed by atoms with E-state index in [0.29, 0.717) is 36.0 Å². The van der Waals surface area contributed by atoms with E-state index in [1.54, 1.807) is 24.5 Å². The Morgan fingerprint density at radius 1 is 1.11 bits per heavy atom. The zero-order valence-electron chi connectivity index (χ0n) is 20.3. The zero-order valence-corrected chi connectivity index (χ0v) is 20.3. The molecule has 1 aromatic heterocycles. The van der Waals surface area contributed by atoms with Crippen LogP contribution in [0.2, 0.25) is 0 Å². The van der Waals surface area contributed by atoms with Crippen molar-refractivity contribution in [3.8, 4) is 28.4 Å². The third-order valence-corrected chi connectivity index (χ3v) is 6.16. The number of fused-ring (bicyclic) bond motifs is 2. The van der Waals surface area contributed by atoms with Crippen molar-refractivity contribution in [2.45, 2.75) is 27.3 Å². The fourth-order valence-corrected chi connectivity index (χ4v) is 4.36. The van der Waals surface area contributed by atoms with Crippen molar-refractivity contribution >= 4 is 22.4 Å². The lowest BCUT2D eigenvalue weighted by Gasteiger charge is -2.15. The monoisotopic (exact) mass is 487 g/mol. The average molecular weight is 488 g/mol. The molecular formula is C29H26FNO5. The first-order valence-electron chi connectivity index (χ1n) is 11.7. The van der Waals surface area contributed by atoms with E-state index < -0.39 is 0 Å². The van der Waals surface area contributed by atoms with Gasteiger partial charge in [0.15, 0.2) is 11.5 Å². The number of carbonyl (C=O) groups excluding carboxylic acids is 1. The number of halogens is 1. The van der Waals surface area contributed by atoms with E-state index in [1.807, 2.05) is 45.0 Å². The van der Waals surface area contributed by atoms with Gasteiger partial charge in [0.25, 0.3) is 0 Å². The van der Waals surface area contributed by atoms with Gasteiger partial charge in [0.1, 0.15) is 17.1 Å². The average Bonchev–Trinajstić information content (AvgIpc) is 3.52. The predicted molar refractivity (Wildman–Crippen MR) is 136 cm³/mol. The van der Waals surface area contributed by atoms with Crippen LogP contribution in [0.15, 0.2) is 65.3 Å². The van der Waals surface area contributed by atoms with E-state index >= 15 is 0 Å². The largest absolute Gasteiger partial charge is 0.493 e.